The summed E-state index contributed by atoms with van der Waals surface area (Å²) in [4.78, 5) is 40.9. The number of carboxylic acid groups (broad SMARTS) is 1. The minimum absolute atomic E-state index is 0. The molecule has 0 amide bonds. The monoisotopic (exact) mass is 432 g/mol. The molecule has 0 saturated carbocycles. The highest BCUT2D eigenvalue weighted by molar-refractivity contribution is 6.34. The maximum atomic E-state index is 11.1. The highest BCUT2D eigenvalue weighted by Crippen LogP contribution is 2.23. The number of hydrogen-bond acceptors (Lipinski definition) is 7. The summed E-state index contributed by atoms with van der Waals surface area (Å²) in [5.74, 6) is -1.98. The molecule has 0 aliphatic heterocycles. The van der Waals surface area contributed by atoms with Crippen LogP contribution >= 0.6 is 23.2 Å². The standard InChI is InChI=1S/C8H6ClNO4.C7H4ClNO4.CH4/c1-14-8(11)6-4-5(10(12)13)2-3-7(6)9;8-6-2-1-4(9(12)13)3-5(6)7(10)11;/h2-4H,1H3;1-3H,(H,10,11);1H4. The van der Waals surface area contributed by atoms with E-state index in [1.54, 1.807) is 0 Å². The first kappa shape index (κ1) is 24.8. The number of nitro groups is 2. The van der Waals surface area contributed by atoms with Crippen LogP contribution in [0.5, 0.6) is 0 Å². The second-order valence-corrected chi connectivity index (χ2v) is 5.45. The molecule has 0 fully saturated rings. The molecule has 0 saturated heterocycles. The average molecular weight is 433 g/mol. The van der Waals surface area contributed by atoms with E-state index in [-0.39, 0.29) is 40.0 Å². The van der Waals surface area contributed by atoms with Crippen LogP contribution in [0.15, 0.2) is 36.4 Å². The number of methoxy groups -OCH3 is 1. The third kappa shape index (κ3) is 6.49. The Balaban J connectivity index is 0.000000504. The first-order valence-electron chi connectivity index (χ1n) is 6.78. The molecular formula is C16H14Cl2N2O8. The van der Waals surface area contributed by atoms with Gasteiger partial charge in [0.25, 0.3) is 11.4 Å². The minimum Gasteiger partial charge on any atom is -0.478 e. The molecule has 10 nitrogen and oxygen atoms in total. The van der Waals surface area contributed by atoms with Crippen molar-refractivity contribution < 1.29 is 29.3 Å². The third-order valence-electron chi connectivity index (χ3n) is 2.96. The zero-order chi connectivity index (χ0) is 20.7. The molecule has 1 N–H and O–H groups in total. The molecule has 0 aliphatic rings. The molecule has 0 atom stereocenters. The molecule has 0 spiro atoms. The first-order valence-corrected chi connectivity index (χ1v) is 7.53. The van der Waals surface area contributed by atoms with Gasteiger partial charge in [0.2, 0.25) is 0 Å². The van der Waals surface area contributed by atoms with Crippen LogP contribution in [-0.4, -0.2) is 34.0 Å². The lowest BCUT2D eigenvalue weighted by Gasteiger charge is -2.00. The van der Waals surface area contributed by atoms with Crippen LogP contribution in [0.3, 0.4) is 0 Å². The highest BCUT2D eigenvalue weighted by atomic mass is 35.5. The summed E-state index contributed by atoms with van der Waals surface area (Å²) >= 11 is 11.1. The van der Waals surface area contributed by atoms with E-state index in [9.17, 15) is 29.8 Å². The van der Waals surface area contributed by atoms with Crippen molar-refractivity contribution in [1.29, 1.82) is 0 Å². The molecule has 0 heterocycles. The number of rotatable bonds is 4. The number of ether oxygens (including phenoxy) is 1. The highest BCUT2D eigenvalue weighted by Gasteiger charge is 2.16. The number of non-ortho nitro benzene ring substituents is 2. The second kappa shape index (κ2) is 10.8. The summed E-state index contributed by atoms with van der Waals surface area (Å²) in [6.07, 6.45) is 0. The smallest absolute Gasteiger partial charge is 0.339 e. The molecule has 2 aromatic rings. The van der Waals surface area contributed by atoms with Gasteiger partial charge in [-0.05, 0) is 12.1 Å². The van der Waals surface area contributed by atoms with Crippen molar-refractivity contribution in [2.75, 3.05) is 7.11 Å². The van der Waals surface area contributed by atoms with Gasteiger partial charge in [-0.15, -0.1) is 0 Å². The van der Waals surface area contributed by atoms with Crippen LogP contribution in [0.1, 0.15) is 28.1 Å². The molecule has 2 aromatic carbocycles. The number of carboxylic acids is 1. The van der Waals surface area contributed by atoms with Gasteiger partial charge in [0, 0.05) is 24.3 Å². The number of benzene rings is 2. The van der Waals surface area contributed by atoms with Gasteiger partial charge in [-0.25, -0.2) is 9.59 Å². The molecule has 0 bridgehead atoms. The molecule has 150 valence electrons. The van der Waals surface area contributed by atoms with Gasteiger partial charge in [0.15, 0.2) is 0 Å². The predicted molar refractivity (Wildman–Crippen MR) is 101 cm³/mol. The van der Waals surface area contributed by atoms with Gasteiger partial charge in [-0.2, -0.15) is 0 Å². The van der Waals surface area contributed by atoms with Gasteiger partial charge in [0.1, 0.15) is 0 Å². The normalized spacial score (nSPS) is 9.25. The van der Waals surface area contributed by atoms with E-state index in [1.807, 2.05) is 0 Å². The van der Waals surface area contributed by atoms with Crippen LogP contribution in [0.25, 0.3) is 0 Å². The van der Waals surface area contributed by atoms with Crippen molar-refractivity contribution in [3.8, 4) is 0 Å². The van der Waals surface area contributed by atoms with Crippen LogP contribution < -0.4 is 0 Å². The van der Waals surface area contributed by atoms with E-state index in [1.165, 1.54) is 25.3 Å². The Morgan fingerprint density at radius 1 is 0.929 bits per heavy atom. The summed E-state index contributed by atoms with van der Waals surface area (Å²) in [5, 5.41) is 29.3. The molecule has 12 heteroatoms. The Morgan fingerprint density at radius 2 is 1.32 bits per heavy atom. The maximum Gasteiger partial charge on any atom is 0.339 e. The number of esters is 1. The van der Waals surface area contributed by atoms with Crippen molar-refractivity contribution >= 4 is 46.5 Å². The first-order chi connectivity index (χ1) is 12.6. The average Bonchev–Trinajstić information content (AvgIpc) is 2.61. The number of nitrogens with zero attached hydrogens (tertiary/aromatic N) is 2. The summed E-state index contributed by atoms with van der Waals surface area (Å²) in [7, 11) is 1.18. The number of halogens is 2. The number of carbonyl (C=O) groups is 2. The number of aromatic carboxylic acids is 1. The fraction of sp³-hybridized carbons (Fsp3) is 0.125. The number of hydrogen-bond donors (Lipinski definition) is 1. The van der Waals surface area contributed by atoms with Crippen molar-refractivity contribution in [2.45, 2.75) is 7.43 Å². The van der Waals surface area contributed by atoms with Gasteiger partial charge in [-0.3, -0.25) is 20.2 Å². The molecule has 0 radical (unpaired) electrons. The number of carbonyl (C=O) groups excluding carboxylic acids is 1. The second-order valence-electron chi connectivity index (χ2n) is 4.64. The van der Waals surface area contributed by atoms with Gasteiger partial charge in [0.05, 0.1) is 38.1 Å². The maximum absolute atomic E-state index is 11.1. The van der Waals surface area contributed by atoms with E-state index in [0.717, 1.165) is 18.2 Å². The van der Waals surface area contributed by atoms with Crippen molar-refractivity contribution in [3.05, 3.63) is 77.8 Å². The fourth-order valence-corrected chi connectivity index (χ4v) is 2.08. The zero-order valence-corrected chi connectivity index (χ0v) is 14.9. The van der Waals surface area contributed by atoms with Crippen LogP contribution in [0.2, 0.25) is 10.0 Å². The van der Waals surface area contributed by atoms with Crippen LogP contribution in [0, 0.1) is 20.2 Å². The summed E-state index contributed by atoms with van der Waals surface area (Å²) in [6.45, 7) is 0. The van der Waals surface area contributed by atoms with Gasteiger partial charge < -0.3 is 9.84 Å². The third-order valence-corrected chi connectivity index (χ3v) is 3.62. The topological polar surface area (TPSA) is 150 Å². The zero-order valence-electron chi connectivity index (χ0n) is 13.4. The van der Waals surface area contributed by atoms with Gasteiger partial charge in [-0.1, -0.05) is 30.6 Å². The van der Waals surface area contributed by atoms with E-state index >= 15 is 0 Å². The lowest BCUT2D eigenvalue weighted by Crippen LogP contribution is -2.02. The van der Waals surface area contributed by atoms with E-state index in [0.29, 0.717) is 0 Å². The van der Waals surface area contributed by atoms with E-state index in [2.05, 4.69) is 4.74 Å². The summed E-state index contributed by atoms with van der Waals surface area (Å²) < 4.78 is 4.41. The van der Waals surface area contributed by atoms with E-state index < -0.39 is 21.8 Å². The minimum atomic E-state index is -1.28. The lowest BCUT2D eigenvalue weighted by atomic mass is 10.2. The molecule has 28 heavy (non-hydrogen) atoms. The largest absolute Gasteiger partial charge is 0.478 e. The predicted octanol–water partition coefficient (Wildman–Crippen LogP) is 4.62. The Hall–Kier alpha value is -3.24. The van der Waals surface area contributed by atoms with Gasteiger partial charge >= 0.3 is 11.9 Å². The van der Waals surface area contributed by atoms with E-state index in [4.69, 9.17) is 28.3 Å². The van der Waals surface area contributed by atoms with Crippen LogP contribution in [-0.2, 0) is 4.74 Å². The van der Waals surface area contributed by atoms with Crippen molar-refractivity contribution in [1.82, 2.24) is 0 Å². The Kier molecular flexibility index (Phi) is 9.55. The molecule has 2 rings (SSSR count). The molecule has 0 aliphatic carbocycles. The van der Waals surface area contributed by atoms with Crippen LogP contribution in [0.4, 0.5) is 11.4 Å². The number of nitro benzene ring substituents is 2. The Bertz CT molecular complexity index is 918. The van der Waals surface area contributed by atoms with Crippen molar-refractivity contribution in [2.24, 2.45) is 0 Å². The molecular weight excluding hydrogens is 419 g/mol. The molecule has 0 unspecified atom stereocenters. The summed E-state index contributed by atoms with van der Waals surface area (Å²) in [6, 6.07) is 6.83. The Labute approximate surface area is 168 Å². The SMILES string of the molecule is C.COC(=O)c1cc([N+](=O)[O-])ccc1Cl.O=C(O)c1cc([N+](=O)[O-])ccc1Cl. The quantitative estimate of drug-likeness (QED) is 0.417. The Morgan fingerprint density at radius 3 is 1.68 bits per heavy atom. The summed E-state index contributed by atoms with van der Waals surface area (Å²) in [5.41, 5.74) is -0.768. The fourth-order valence-electron chi connectivity index (χ4n) is 1.68. The lowest BCUT2D eigenvalue weighted by molar-refractivity contribution is -0.385. The van der Waals surface area contributed by atoms with Crippen molar-refractivity contribution in [3.63, 3.8) is 0 Å². The molecule has 0 aromatic heterocycles.